The number of piperidine rings is 1. The van der Waals surface area contributed by atoms with E-state index in [0.717, 1.165) is 38.6 Å². The van der Waals surface area contributed by atoms with Gasteiger partial charge in [-0.3, -0.25) is 4.79 Å². The minimum Gasteiger partial charge on any atom is -0.396 e. The summed E-state index contributed by atoms with van der Waals surface area (Å²) in [7, 11) is 0. The minimum atomic E-state index is -0.126. The molecule has 0 radical (unpaired) electrons. The smallest absolute Gasteiger partial charge is 0.226 e. The summed E-state index contributed by atoms with van der Waals surface area (Å²) in [6.45, 7) is 1.06. The van der Waals surface area contributed by atoms with Gasteiger partial charge in [0.15, 0.2) is 0 Å². The van der Waals surface area contributed by atoms with Gasteiger partial charge in [0.05, 0.1) is 5.41 Å². The van der Waals surface area contributed by atoms with Crippen molar-refractivity contribution in [3.8, 4) is 0 Å². The maximum Gasteiger partial charge on any atom is 0.226 e. The summed E-state index contributed by atoms with van der Waals surface area (Å²) >= 11 is 0. The van der Waals surface area contributed by atoms with Gasteiger partial charge in [-0.25, -0.2) is 0 Å². The molecule has 0 aromatic heterocycles. The van der Waals surface area contributed by atoms with E-state index in [9.17, 15) is 4.79 Å². The van der Waals surface area contributed by atoms with Crippen LogP contribution in [0.3, 0.4) is 0 Å². The molecule has 3 heteroatoms. The third-order valence-electron chi connectivity index (χ3n) is 4.22. The molecule has 0 bridgehead atoms. The van der Waals surface area contributed by atoms with Gasteiger partial charge in [0.2, 0.25) is 5.91 Å². The fraction of sp³-hybridized carbons (Fsp3) is 0.917. The average Bonchev–Trinajstić information content (AvgIpc) is 2.26. The Bertz CT molecular complexity index is 234. The summed E-state index contributed by atoms with van der Waals surface area (Å²) in [5.41, 5.74) is -0.126. The Labute approximate surface area is 91.2 Å². The van der Waals surface area contributed by atoms with E-state index >= 15 is 0 Å². The van der Waals surface area contributed by atoms with Crippen molar-refractivity contribution in [2.75, 3.05) is 13.2 Å². The fourth-order valence-corrected chi connectivity index (χ4v) is 3.41. The molecule has 1 saturated carbocycles. The average molecular weight is 211 g/mol. The van der Waals surface area contributed by atoms with Crippen LogP contribution in [0.25, 0.3) is 0 Å². The van der Waals surface area contributed by atoms with Crippen LogP contribution in [-0.4, -0.2) is 24.2 Å². The van der Waals surface area contributed by atoms with Crippen LogP contribution < -0.4 is 5.32 Å². The molecule has 2 N–H and O–H groups in total. The van der Waals surface area contributed by atoms with Crippen LogP contribution in [0, 0.1) is 11.3 Å². The molecular weight excluding hydrogens is 190 g/mol. The zero-order valence-electron chi connectivity index (χ0n) is 9.30. The first-order chi connectivity index (χ1) is 7.29. The molecule has 1 aliphatic carbocycles. The highest BCUT2D eigenvalue weighted by atomic mass is 16.3. The van der Waals surface area contributed by atoms with Crippen LogP contribution in [0.4, 0.5) is 0 Å². The van der Waals surface area contributed by atoms with E-state index in [1.54, 1.807) is 0 Å². The Hall–Kier alpha value is -0.570. The first-order valence-electron chi connectivity index (χ1n) is 6.19. The van der Waals surface area contributed by atoms with Crippen LogP contribution in [0.1, 0.15) is 44.9 Å². The van der Waals surface area contributed by atoms with E-state index in [1.807, 2.05) is 0 Å². The molecule has 3 nitrogen and oxygen atoms in total. The Balaban J connectivity index is 2.15. The number of hydrogen-bond acceptors (Lipinski definition) is 2. The number of aliphatic hydroxyl groups excluding tert-OH is 1. The molecule has 1 saturated heterocycles. The van der Waals surface area contributed by atoms with Gasteiger partial charge in [0.1, 0.15) is 0 Å². The molecule has 1 spiro atoms. The van der Waals surface area contributed by atoms with Crippen LogP contribution in [0.2, 0.25) is 0 Å². The molecule has 2 atom stereocenters. The maximum atomic E-state index is 12.1. The largest absolute Gasteiger partial charge is 0.396 e. The quantitative estimate of drug-likeness (QED) is 0.726. The molecule has 86 valence electrons. The normalized spacial score (nSPS) is 36.6. The number of carbonyl (C=O) groups is 1. The predicted molar refractivity (Wildman–Crippen MR) is 58.3 cm³/mol. The Kier molecular flexibility index (Phi) is 3.29. The van der Waals surface area contributed by atoms with Crippen molar-refractivity contribution in [2.45, 2.75) is 44.9 Å². The number of aliphatic hydroxyl groups is 1. The molecule has 2 rings (SSSR count). The predicted octanol–water partition coefficient (Wildman–Crippen LogP) is 1.46. The van der Waals surface area contributed by atoms with Gasteiger partial charge < -0.3 is 10.4 Å². The van der Waals surface area contributed by atoms with E-state index in [4.69, 9.17) is 5.11 Å². The summed E-state index contributed by atoms with van der Waals surface area (Å²) in [5.74, 6) is 0.670. The number of carbonyl (C=O) groups excluding carboxylic acids is 1. The van der Waals surface area contributed by atoms with E-state index in [-0.39, 0.29) is 17.9 Å². The standard InChI is InChI=1S/C12H21NO2/c14-9-5-10-4-1-2-6-12(10)7-3-8-13-11(12)15/h10,14H,1-9H2,(H,13,15)/t10-,12-/m1/s1. The van der Waals surface area contributed by atoms with Crippen molar-refractivity contribution in [3.05, 3.63) is 0 Å². The minimum absolute atomic E-state index is 0.126. The first-order valence-corrected chi connectivity index (χ1v) is 6.19. The van der Waals surface area contributed by atoms with E-state index in [2.05, 4.69) is 5.32 Å². The summed E-state index contributed by atoms with van der Waals surface area (Å²) in [4.78, 5) is 12.1. The fourth-order valence-electron chi connectivity index (χ4n) is 3.41. The third kappa shape index (κ3) is 1.89. The molecule has 0 aromatic carbocycles. The van der Waals surface area contributed by atoms with Crippen molar-refractivity contribution in [1.29, 1.82) is 0 Å². The Morgan fingerprint density at radius 2 is 2.13 bits per heavy atom. The van der Waals surface area contributed by atoms with Gasteiger partial charge in [0, 0.05) is 13.2 Å². The van der Waals surface area contributed by atoms with Gasteiger partial charge in [-0.1, -0.05) is 12.8 Å². The van der Waals surface area contributed by atoms with Crippen molar-refractivity contribution >= 4 is 5.91 Å². The topological polar surface area (TPSA) is 49.3 Å². The second kappa shape index (κ2) is 4.52. The summed E-state index contributed by atoms with van der Waals surface area (Å²) < 4.78 is 0. The molecule has 0 unspecified atom stereocenters. The SMILES string of the molecule is O=C1NCCC[C@@]12CCCC[C@@H]2CCO. The van der Waals surface area contributed by atoms with Gasteiger partial charge in [0.25, 0.3) is 0 Å². The van der Waals surface area contributed by atoms with Gasteiger partial charge in [-0.2, -0.15) is 0 Å². The monoisotopic (exact) mass is 211 g/mol. The maximum absolute atomic E-state index is 12.1. The Morgan fingerprint density at radius 1 is 1.33 bits per heavy atom. The van der Waals surface area contributed by atoms with Crippen molar-refractivity contribution in [2.24, 2.45) is 11.3 Å². The van der Waals surface area contributed by atoms with Crippen molar-refractivity contribution in [3.63, 3.8) is 0 Å². The van der Waals surface area contributed by atoms with Gasteiger partial charge in [-0.15, -0.1) is 0 Å². The molecule has 1 amide bonds. The molecule has 15 heavy (non-hydrogen) atoms. The van der Waals surface area contributed by atoms with Crippen LogP contribution in [0.5, 0.6) is 0 Å². The lowest BCUT2D eigenvalue weighted by Crippen LogP contribution is -2.51. The van der Waals surface area contributed by atoms with E-state index in [1.165, 1.54) is 12.8 Å². The second-order valence-corrected chi connectivity index (χ2v) is 4.97. The zero-order valence-corrected chi connectivity index (χ0v) is 9.30. The Morgan fingerprint density at radius 3 is 2.87 bits per heavy atom. The van der Waals surface area contributed by atoms with Gasteiger partial charge in [-0.05, 0) is 38.0 Å². The molecule has 2 fully saturated rings. The first kappa shape index (κ1) is 10.9. The lowest BCUT2D eigenvalue weighted by atomic mass is 9.61. The highest BCUT2D eigenvalue weighted by molar-refractivity contribution is 5.83. The number of amides is 1. The number of rotatable bonds is 2. The summed E-state index contributed by atoms with van der Waals surface area (Å²) in [6.07, 6.45) is 7.48. The zero-order chi connectivity index (χ0) is 10.7. The number of hydrogen-bond donors (Lipinski definition) is 2. The molecule has 1 aliphatic heterocycles. The third-order valence-corrected chi connectivity index (χ3v) is 4.22. The molecule has 0 aromatic rings. The summed E-state index contributed by atoms with van der Waals surface area (Å²) in [6, 6.07) is 0. The lowest BCUT2D eigenvalue weighted by molar-refractivity contribution is -0.140. The molecule has 2 aliphatic rings. The lowest BCUT2D eigenvalue weighted by Gasteiger charge is -2.45. The van der Waals surface area contributed by atoms with Crippen molar-refractivity contribution < 1.29 is 9.90 Å². The van der Waals surface area contributed by atoms with Crippen LogP contribution in [0.15, 0.2) is 0 Å². The van der Waals surface area contributed by atoms with Crippen LogP contribution in [-0.2, 0) is 4.79 Å². The molecular formula is C12H21NO2. The highest BCUT2D eigenvalue weighted by Gasteiger charge is 2.47. The van der Waals surface area contributed by atoms with Gasteiger partial charge >= 0.3 is 0 Å². The summed E-state index contributed by atoms with van der Waals surface area (Å²) in [5, 5.41) is 12.1. The highest BCUT2D eigenvalue weighted by Crippen LogP contribution is 2.47. The number of nitrogens with one attached hydrogen (secondary N) is 1. The molecule has 1 heterocycles. The van der Waals surface area contributed by atoms with E-state index in [0.29, 0.717) is 5.92 Å². The van der Waals surface area contributed by atoms with Crippen molar-refractivity contribution in [1.82, 2.24) is 5.32 Å². The second-order valence-electron chi connectivity index (χ2n) is 4.97. The van der Waals surface area contributed by atoms with Crippen LogP contribution >= 0.6 is 0 Å². The van der Waals surface area contributed by atoms with E-state index < -0.39 is 0 Å².